The van der Waals surface area contributed by atoms with Gasteiger partial charge in [0.2, 0.25) is 0 Å². The molecule has 2 fully saturated rings. The summed E-state index contributed by atoms with van der Waals surface area (Å²) in [5.41, 5.74) is 5.51. The third-order valence-electron chi connectivity index (χ3n) is 5.79. The van der Waals surface area contributed by atoms with Crippen LogP contribution in [0, 0.1) is 16.7 Å². The van der Waals surface area contributed by atoms with Crippen LogP contribution >= 0.6 is 0 Å². The normalized spacial score (nSPS) is 33.4. The number of nitrogens with zero attached hydrogens (tertiary/aromatic N) is 3. The SMILES string of the molecule is C[C@H]1CC[C@H](n2cnc(C3(C(=O)N=O)CC3CCCN)c2)CC1. The molecule has 0 aliphatic heterocycles. The maximum absolute atomic E-state index is 12.1. The smallest absolute Gasteiger partial charge is 0.298 e. The van der Waals surface area contributed by atoms with Gasteiger partial charge in [0.25, 0.3) is 5.91 Å². The number of hydrogen-bond donors (Lipinski definition) is 1. The fraction of sp³-hybridized carbons (Fsp3) is 0.765. The average molecular weight is 318 g/mol. The Bertz CT molecular complexity index is 577. The molecule has 0 saturated heterocycles. The quantitative estimate of drug-likeness (QED) is 0.816. The second-order valence-corrected chi connectivity index (χ2v) is 7.32. The van der Waals surface area contributed by atoms with Crippen molar-refractivity contribution < 1.29 is 4.79 Å². The van der Waals surface area contributed by atoms with Crippen molar-refractivity contribution in [1.82, 2.24) is 9.55 Å². The van der Waals surface area contributed by atoms with E-state index in [4.69, 9.17) is 5.73 Å². The van der Waals surface area contributed by atoms with Gasteiger partial charge in [0.1, 0.15) is 5.41 Å². The maximum atomic E-state index is 12.1. The molecule has 6 heteroatoms. The van der Waals surface area contributed by atoms with Gasteiger partial charge in [-0.05, 0) is 63.3 Å². The molecule has 0 radical (unpaired) electrons. The van der Waals surface area contributed by atoms with Crippen molar-refractivity contribution in [2.75, 3.05) is 6.54 Å². The summed E-state index contributed by atoms with van der Waals surface area (Å²) >= 11 is 0. The van der Waals surface area contributed by atoms with Gasteiger partial charge in [-0.15, -0.1) is 4.91 Å². The molecule has 0 bridgehead atoms. The van der Waals surface area contributed by atoms with E-state index in [2.05, 4.69) is 21.7 Å². The molecule has 6 nitrogen and oxygen atoms in total. The van der Waals surface area contributed by atoms with E-state index in [1.54, 1.807) is 0 Å². The standard InChI is InChI=1S/C17H26N4O2/c1-12-4-6-14(7-5-12)21-10-15(19-11-21)17(16(22)20-23)9-13(17)3-2-8-18/h10-14H,2-9,18H2,1H3/t12-,13?,14-,17?. The van der Waals surface area contributed by atoms with Crippen LogP contribution in [0.1, 0.15) is 63.6 Å². The highest BCUT2D eigenvalue weighted by molar-refractivity contribution is 5.92. The van der Waals surface area contributed by atoms with Crippen LogP contribution in [0.15, 0.2) is 17.7 Å². The molecule has 0 spiro atoms. The molecule has 2 N–H and O–H groups in total. The van der Waals surface area contributed by atoms with E-state index in [9.17, 15) is 9.70 Å². The molecule has 1 heterocycles. The van der Waals surface area contributed by atoms with E-state index in [0.29, 0.717) is 19.0 Å². The number of imidazole rings is 1. The minimum Gasteiger partial charge on any atom is -0.334 e. The van der Waals surface area contributed by atoms with Gasteiger partial charge in [-0.1, -0.05) is 6.92 Å². The number of hydrogen-bond acceptors (Lipinski definition) is 4. The number of amides is 1. The van der Waals surface area contributed by atoms with Crippen LogP contribution in [0.3, 0.4) is 0 Å². The monoisotopic (exact) mass is 318 g/mol. The van der Waals surface area contributed by atoms with Crippen molar-refractivity contribution >= 4 is 5.91 Å². The van der Waals surface area contributed by atoms with Gasteiger partial charge in [-0.2, -0.15) is 0 Å². The molecule has 1 amide bonds. The average Bonchev–Trinajstić information content (AvgIpc) is 3.09. The van der Waals surface area contributed by atoms with Crippen molar-refractivity contribution in [3.8, 4) is 0 Å². The third-order valence-corrected chi connectivity index (χ3v) is 5.79. The molecule has 2 unspecified atom stereocenters. The lowest BCUT2D eigenvalue weighted by atomic mass is 9.87. The molecule has 23 heavy (non-hydrogen) atoms. The first kappa shape index (κ1) is 16.3. The molecule has 126 valence electrons. The Morgan fingerprint density at radius 3 is 2.83 bits per heavy atom. The van der Waals surface area contributed by atoms with Crippen LogP contribution < -0.4 is 5.73 Å². The number of nitrogens with two attached hydrogens (primary N) is 1. The van der Waals surface area contributed by atoms with E-state index in [0.717, 1.165) is 37.3 Å². The molecule has 2 aliphatic rings. The first-order valence-corrected chi connectivity index (χ1v) is 8.73. The van der Waals surface area contributed by atoms with E-state index < -0.39 is 11.3 Å². The van der Waals surface area contributed by atoms with E-state index in [1.165, 1.54) is 12.8 Å². The molecule has 1 aromatic rings. The fourth-order valence-corrected chi connectivity index (χ4v) is 4.12. The highest BCUT2D eigenvalue weighted by atomic mass is 16.3. The maximum Gasteiger partial charge on any atom is 0.298 e. The predicted octanol–water partition coefficient (Wildman–Crippen LogP) is 2.92. The van der Waals surface area contributed by atoms with Gasteiger partial charge < -0.3 is 10.3 Å². The fourth-order valence-electron chi connectivity index (χ4n) is 4.12. The van der Waals surface area contributed by atoms with Crippen molar-refractivity contribution in [2.45, 2.75) is 63.3 Å². The van der Waals surface area contributed by atoms with Gasteiger partial charge in [0.05, 0.1) is 12.0 Å². The molecular weight excluding hydrogens is 292 g/mol. The largest absolute Gasteiger partial charge is 0.334 e. The molecule has 2 saturated carbocycles. The molecule has 1 aromatic heterocycles. The van der Waals surface area contributed by atoms with E-state index in [1.807, 2.05) is 12.5 Å². The van der Waals surface area contributed by atoms with Crippen LogP contribution in [-0.4, -0.2) is 22.0 Å². The van der Waals surface area contributed by atoms with Gasteiger partial charge in [-0.3, -0.25) is 4.79 Å². The Balaban J connectivity index is 1.77. The summed E-state index contributed by atoms with van der Waals surface area (Å²) in [6, 6.07) is 0.463. The highest BCUT2D eigenvalue weighted by Gasteiger charge is 2.62. The molecular formula is C17H26N4O2. The minimum atomic E-state index is -0.774. The Morgan fingerprint density at radius 2 is 2.17 bits per heavy atom. The van der Waals surface area contributed by atoms with Gasteiger partial charge in [-0.25, -0.2) is 4.98 Å². The molecule has 2 aliphatic carbocycles. The summed E-state index contributed by atoms with van der Waals surface area (Å²) in [6.07, 6.45) is 11.0. The number of carbonyl (C=O) groups is 1. The first-order chi connectivity index (χ1) is 11.1. The Labute approximate surface area is 136 Å². The van der Waals surface area contributed by atoms with Crippen LogP contribution in [0.5, 0.6) is 0 Å². The van der Waals surface area contributed by atoms with Crippen molar-refractivity contribution in [3.05, 3.63) is 23.1 Å². The lowest BCUT2D eigenvalue weighted by Gasteiger charge is -2.27. The van der Waals surface area contributed by atoms with E-state index >= 15 is 0 Å². The lowest BCUT2D eigenvalue weighted by Crippen LogP contribution is -2.22. The zero-order valence-electron chi connectivity index (χ0n) is 13.8. The van der Waals surface area contributed by atoms with Crippen molar-refractivity contribution in [3.63, 3.8) is 0 Å². The first-order valence-electron chi connectivity index (χ1n) is 8.73. The molecule has 2 atom stereocenters. The van der Waals surface area contributed by atoms with Gasteiger partial charge >= 0.3 is 0 Å². The summed E-state index contributed by atoms with van der Waals surface area (Å²) in [6.45, 7) is 2.90. The molecule has 3 rings (SSSR count). The van der Waals surface area contributed by atoms with Crippen LogP contribution in [-0.2, 0) is 10.2 Å². The summed E-state index contributed by atoms with van der Waals surface area (Å²) in [7, 11) is 0. The Morgan fingerprint density at radius 1 is 1.43 bits per heavy atom. The lowest BCUT2D eigenvalue weighted by molar-refractivity contribution is -0.120. The second kappa shape index (κ2) is 6.51. The summed E-state index contributed by atoms with van der Waals surface area (Å²) in [5, 5.41) is 2.72. The topological polar surface area (TPSA) is 90.3 Å². The summed E-state index contributed by atoms with van der Waals surface area (Å²) in [4.78, 5) is 27.5. The zero-order valence-corrected chi connectivity index (χ0v) is 13.8. The number of aromatic nitrogens is 2. The Kier molecular flexibility index (Phi) is 4.62. The van der Waals surface area contributed by atoms with Gasteiger partial charge in [0, 0.05) is 17.4 Å². The van der Waals surface area contributed by atoms with Gasteiger partial charge in [0.15, 0.2) is 0 Å². The number of nitroso groups, excluding NO2 is 1. The Hall–Kier alpha value is -1.56. The minimum absolute atomic E-state index is 0.158. The van der Waals surface area contributed by atoms with Crippen molar-refractivity contribution in [1.29, 1.82) is 0 Å². The second-order valence-electron chi connectivity index (χ2n) is 7.32. The van der Waals surface area contributed by atoms with Crippen LogP contribution in [0.4, 0.5) is 0 Å². The summed E-state index contributed by atoms with van der Waals surface area (Å²) in [5.74, 6) is 0.388. The third kappa shape index (κ3) is 2.96. The number of carbonyl (C=O) groups excluding carboxylic acids is 1. The van der Waals surface area contributed by atoms with E-state index in [-0.39, 0.29) is 5.92 Å². The summed E-state index contributed by atoms with van der Waals surface area (Å²) < 4.78 is 2.14. The highest BCUT2D eigenvalue weighted by Crippen LogP contribution is 2.57. The molecule has 0 aromatic carbocycles. The predicted molar refractivity (Wildman–Crippen MR) is 87.8 cm³/mol. The van der Waals surface area contributed by atoms with Crippen molar-refractivity contribution in [2.24, 2.45) is 22.7 Å². The zero-order chi connectivity index (χ0) is 16.4. The van der Waals surface area contributed by atoms with Crippen LogP contribution in [0.2, 0.25) is 0 Å². The van der Waals surface area contributed by atoms with Crippen LogP contribution in [0.25, 0.3) is 0 Å². The number of rotatable bonds is 6.